The zero-order valence-corrected chi connectivity index (χ0v) is 14.8. The molecule has 0 fully saturated rings. The molecule has 1 unspecified atom stereocenters. The Balaban J connectivity index is 1.26. The molecule has 0 saturated heterocycles. The standard InChI is InChI=1S/C20H20N6O/c21-10-15-3-1-14(2-4-15)5-6-22-12-17-13-25-18-9-16(11-26-20(18)27-17)19-23-7-8-24-19/h1-4,7-9,11,17,22,25H,5-6,12-13H2,(H,23,24). The molecule has 0 radical (unpaired) electrons. The molecule has 3 heterocycles. The number of hydrogen-bond donors (Lipinski definition) is 3. The van der Waals surface area contributed by atoms with Gasteiger partial charge in [0, 0.05) is 30.7 Å². The fourth-order valence-corrected chi connectivity index (χ4v) is 3.00. The largest absolute Gasteiger partial charge is 0.470 e. The molecule has 1 aliphatic rings. The fourth-order valence-electron chi connectivity index (χ4n) is 3.00. The van der Waals surface area contributed by atoms with Crippen LogP contribution >= 0.6 is 0 Å². The zero-order chi connectivity index (χ0) is 18.5. The predicted molar refractivity (Wildman–Crippen MR) is 102 cm³/mol. The van der Waals surface area contributed by atoms with E-state index in [-0.39, 0.29) is 6.10 Å². The lowest BCUT2D eigenvalue weighted by atomic mass is 10.1. The van der Waals surface area contributed by atoms with Gasteiger partial charge in [0.1, 0.15) is 11.9 Å². The third-order valence-electron chi connectivity index (χ3n) is 4.47. The summed E-state index contributed by atoms with van der Waals surface area (Å²) in [5, 5.41) is 15.6. The van der Waals surface area contributed by atoms with E-state index in [1.807, 2.05) is 30.3 Å². The summed E-state index contributed by atoms with van der Waals surface area (Å²) in [5.41, 5.74) is 3.71. The molecule has 7 nitrogen and oxygen atoms in total. The van der Waals surface area contributed by atoms with E-state index in [2.05, 4.69) is 31.7 Å². The van der Waals surface area contributed by atoms with Gasteiger partial charge in [-0.2, -0.15) is 5.26 Å². The molecular formula is C20H20N6O. The Morgan fingerprint density at radius 3 is 2.93 bits per heavy atom. The molecular weight excluding hydrogens is 340 g/mol. The van der Waals surface area contributed by atoms with Crippen LogP contribution in [-0.4, -0.2) is 40.7 Å². The highest BCUT2D eigenvalue weighted by Crippen LogP contribution is 2.29. The average Bonchev–Trinajstić information content (AvgIpc) is 3.26. The zero-order valence-electron chi connectivity index (χ0n) is 14.8. The minimum absolute atomic E-state index is 0.0282. The second kappa shape index (κ2) is 7.89. The summed E-state index contributed by atoms with van der Waals surface area (Å²) in [5.74, 6) is 1.41. The topological polar surface area (TPSA) is 98.7 Å². The smallest absolute Gasteiger partial charge is 0.237 e. The molecule has 0 saturated carbocycles. The average molecular weight is 360 g/mol. The molecule has 7 heteroatoms. The van der Waals surface area contributed by atoms with E-state index in [9.17, 15) is 0 Å². The maximum absolute atomic E-state index is 8.83. The second-order valence-electron chi connectivity index (χ2n) is 6.40. The van der Waals surface area contributed by atoms with Gasteiger partial charge in [-0.3, -0.25) is 0 Å². The quantitative estimate of drug-likeness (QED) is 0.584. The third kappa shape index (κ3) is 4.07. The van der Waals surface area contributed by atoms with Crippen molar-refractivity contribution in [1.29, 1.82) is 5.26 Å². The number of hydrogen-bond acceptors (Lipinski definition) is 6. The van der Waals surface area contributed by atoms with Crippen LogP contribution in [0.5, 0.6) is 5.88 Å². The summed E-state index contributed by atoms with van der Waals surface area (Å²) >= 11 is 0. The van der Waals surface area contributed by atoms with Crippen molar-refractivity contribution in [2.45, 2.75) is 12.5 Å². The van der Waals surface area contributed by atoms with Gasteiger partial charge >= 0.3 is 0 Å². The van der Waals surface area contributed by atoms with Crippen LogP contribution in [0.1, 0.15) is 11.1 Å². The molecule has 1 atom stereocenters. The van der Waals surface area contributed by atoms with Gasteiger partial charge in [-0.15, -0.1) is 0 Å². The lowest BCUT2D eigenvalue weighted by molar-refractivity contribution is 0.194. The highest BCUT2D eigenvalue weighted by atomic mass is 16.5. The Kier molecular flexibility index (Phi) is 4.99. The molecule has 0 bridgehead atoms. The minimum atomic E-state index is 0.0282. The monoisotopic (exact) mass is 360 g/mol. The molecule has 136 valence electrons. The van der Waals surface area contributed by atoms with Crippen LogP contribution in [0, 0.1) is 11.3 Å². The normalized spacial score (nSPS) is 15.3. The lowest BCUT2D eigenvalue weighted by Crippen LogP contribution is -2.40. The van der Waals surface area contributed by atoms with E-state index in [4.69, 9.17) is 10.00 Å². The Labute approximate surface area is 157 Å². The van der Waals surface area contributed by atoms with Crippen molar-refractivity contribution in [1.82, 2.24) is 20.3 Å². The molecule has 0 spiro atoms. The van der Waals surface area contributed by atoms with Crippen LogP contribution in [-0.2, 0) is 6.42 Å². The molecule has 4 rings (SSSR count). The van der Waals surface area contributed by atoms with Crippen LogP contribution < -0.4 is 15.4 Å². The van der Waals surface area contributed by atoms with Crippen LogP contribution in [0.4, 0.5) is 5.69 Å². The number of aromatic nitrogens is 3. The second-order valence-corrected chi connectivity index (χ2v) is 6.40. The first kappa shape index (κ1) is 17.1. The van der Waals surface area contributed by atoms with Crippen molar-refractivity contribution in [3.63, 3.8) is 0 Å². The molecule has 0 amide bonds. The van der Waals surface area contributed by atoms with Crippen molar-refractivity contribution < 1.29 is 4.74 Å². The maximum atomic E-state index is 8.83. The fraction of sp³-hybridized carbons (Fsp3) is 0.250. The molecule has 2 aromatic heterocycles. The van der Waals surface area contributed by atoms with E-state index >= 15 is 0 Å². The number of fused-ring (bicyclic) bond motifs is 1. The van der Waals surface area contributed by atoms with Gasteiger partial charge < -0.3 is 20.4 Å². The summed E-state index contributed by atoms with van der Waals surface area (Å²) in [7, 11) is 0. The number of nitrogens with one attached hydrogen (secondary N) is 3. The van der Waals surface area contributed by atoms with Crippen LogP contribution in [0.3, 0.4) is 0 Å². The van der Waals surface area contributed by atoms with Crippen molar-refractivity contribution in [2.75, 3.05) is 25.0 Å². The SMILES string of the molecule is N#Cc1ccc(CCNCC2CNc3cc(-c4ncc[nH]4)cnc3O2)cc1. The number of pyridine rings is 1. The summed E-state index contributed by atoms with van der Waals surface area (Å²) in [6.45, 7) is 2.31. The number of ether oxygens (including phenoxy) is 1. The first-order valence-corrected chi connectivity index (χ1v) is 8.92. The number of nitrogens with zero attached hydrogens (tertiary/aromatic N) is 3. The predicted octanol–water partition coefficient (Wildman–Crippen LogP) is 2.35. The van der Waals surface area contributed by atoms with Gasteiger partial charge in [0.2, 0.25) is 5.88 Å². The number of benzene rings is 1. The number of rotatable bonds is 6. The van der Waals surface area contributed by atoms with E-state index in [1.54, 1.807) is 18.6 Å². The molecule has 1 aromatic carbocycles. The van der Waals surface area contributed by atoms with Crippen LogP contribution in [0.2, 0.25) is 0 Å². The van der Waals surface area contributed by atoms with E-state index in [0.717, 1.165) is 43.1 Å². The van der Waals surface area contributed by atoms with Crippen molar-refractivity contribution in [3.8, 4) is 23.3 Å². The van der Waals surface area contributed by atoms with Crippen LogP contribution in [0.25, 0.3) is 11.4 Å². The summed E-state index contributed by atoms with van der Waals surface area (Å²) in [6, 6.07) is 11.8. The Bertz CT molecular complexity index is 930. The number of nitriles is 1. The van der Waals surface area contributed by atoms with Gasteiger partial charge in [-0.05, 0) is 36.7 Å². The van der Waals surface area contributed by atoms with Crippen LogP contribution in [0.15, 0.2) is 48.9 Å². The summed E-state index contributed by atoms with van der Waals surface area (Å²) in [6.07, 6.45) is 6.21. The van der Waals surface area contributed by atoms with Gasteiger partial charge in [-0.1, -0.05) is 12.1 Å². The summed E-state index contributed by atoms with van der Waals surface area (Å²) < 4.78 is 5.98. The van der Waals surface area contributed by atoms with Gasteiger partial charge in [0.15, 0.2) is 0 Å². The number of aromatic amines is 1. The van der Waals surface area contributed by atoms with Crippen molar-refractivity contribution in [3.05, 3.63) is 60.0 Å². The van der Waals surface area contributed by atoms with E-state index in [1.165, 1.54) is 5.56 Å². The number of anilines is 1. The first-order chi connectivity index (χ1) is 13.3. The molecule has 0 aliphatic carbocycles. The molecule has 1 aliphatic heterocycles. The Hall–Kier alpha value is -3.37. The lowest BCUT2D eigenvalue weighted by Gasteiger charge is -2.26. The molecule has 3 N–H and O–H groups in total. The number of imidazole rings is 1. The first-order valence-electron chi connectivity index (χ1n) is 8.92. The highest BCUT2D eigenvalue weighted by Gasteiger charge is 2.20. The van der Waals surface area contributed by atoms with Gasteiger partial charge in [0.05, 0.1) is 23.9 Å². The minimum Gasteiger partial charge on any atom is -0.470 e. The highest BCUT2D eigenvalue weighted by molar-refractivity contribution is 5.65. The molecule has 27 heavy (non-hydrogen) atoms. The van der Waals surface area contributed by atoms with Crippen molar-refractivity contribution in [2.24, 2.45) is 0 Å². The Morgan fingerprint density at radius 1 is 1.26 bits per heavy atom. The van der Waals surface area contributed by atoms with E-state index < -0.39 is 0 Å². The van der Waals surface area contributed by atoms with Gasteiger partial charge in [-0.25, -0.2) is 9.97 Å². The van der Waals surface area contributed by atoms with Crippen molar-refractivity contribution >= 4 is 5.69 Å². The maximum Gasteiger partial charge on any atom is 0.237 e. The summed E-state index contributed by atoms with van der Waals surface area (Å²) in [4.78, 5) is 11.7. The third-order valence-corrected chi connectivity index (χ3v) is 4.47. The molecule has 3 aromatic rings. The van der Waals surface area contributed by atoms with Gasteiger partial charge in [0.25, 0.3) is 0 Å². The number of H-pyrrole nitrogens is 1. The Morgan fingerprint density at radius 2 is 2.15 bits per heavy atom. The van der Waals surface area contributed by atoms with E-state index in [0.29, 0.717) is 11.4 Å².